The maximum absolute atomic E-state index is 13.3. The van der Waals surface area contributed by atoms with E-state index in [9.17, 15) is 23.2 Å². The molecular weight excluding hydrogens is 455 g/mol. The van der Waals surface area contributed by atoms with E-state index in [1.54, 1.807) is 17.5 Å². The average molecular weight is 481 g/mol. The van der Waals surface area contributed by atoms with Crippen LogP contribution in [0, 0.1) is 5.21 Å². The Morgan fingerprint density at radius 3 is 2.67 bits per heavy atom. The Balaban J connectivity index is 1.92. The molecular formula is C22H25F3N5O2S+. The molecule has 176 valence electrons. The number of alkyl halides is 3. The lowest BCUT2D eigenvalue weighted by atomic mass is 10.2. The SMILES string of the molecule is C[N+](C)(C)CCCNC(=O)N(c1cccc(C(F)(F)F)c1)c1nc(-c2ccc[n+]([O-])c2)cs1. The Morgan fingerprint density at radius 1 is 1.24 bits per heavy atom. The van der Waals surface area contributed by atoms with Gasteiger partial charge in [0, 0.05) is 24.4 Å². The molecule has 2 amide bonds. The molecule has 1 aromatic carbocycles. The van der Waals surface area contributed by atoms with E-state index < -0.39 is 17.8 Å². The Labute approximate surface area is 193 Å². The van der Waals surface area contributed by atoms with E-state index in [2.05, 4.69) is 10.3 Å². The lowest BCUT2D eigenvalue weighted by molar-refractivity contribution is -0.870. The van der Waals surface area contributed by atoms with Gasteiger partial charge in [-0.25, -0.2) is 14.7 Å². The number of aromatic nitrogens is 2. The summed E-state index contributed by atoms with van der Waals surface area (Å²) in [6, 6.07) is 7.21. The third-order valence-electron chi connectivity index (χ3n) is 4.67. The fraction of sp³-hybridized carbons (Fsp3) is 0.318. The van der Waals surface area contributed by atoms with Crippen molar-refractivity contribution in [3.05, 3.63) is 64.9 Å². The Morgan fingerprint density at radius 2 is 2.00 bits per heavy atom. The van der Waals surface area contributed by atoms with Gasteiger partial charge in [-0.1, -0.05) is 6.07 Å². The van der Waals surface area contributed by atoms with Crippen LogP contribution < -0.4 is 14.9 Å². The topological polar surface area (TPSA) is 72.2 Å². The summed E-state index contributed by atoms with van der Waals surface area (Å²) in [5.74, 6) is 0. The van der Waals surface area contributed by atoms with Crippen molar-refractivity contribution in [3.8, 4) is 11.3 Å². The normalized spacial score (nSPS) is 11.9. The maximum Gasteiger partial charge on any atom is 0.416 e. The lowest BCUT2D eigenvalue weighted by Crippen LogP contribution is -2.40. The second-order valence-corrected chi connectivity index (χ2v) is 9.29. The first-order valence-electron chi connectivity index (χ1n) is 10.1. The highest BCUT2D eigenvalue weighted by molar-refractivity contribution is 7.14. The third-order valence-corrected chi connectivity index (χ3v) is 5.50. The zero-order valence-electron chi connectivity index (χ0n) is 18.5. The summed E-state index contributed by atoms with van der Waals surface area (Å²) < 4.78 is 41.2. The van der Waals surface area contributed by atoms with Gasteiger partial charge in [-0.05, 0) is 24.3 Å². The van der Waals surface area contributed by atoms with Crippen LogP contribution in [0.3, 0.4) is 0 Å². The summed E-state index contributed by atoms with van der Waals surface area (Å²) >= 11 is 1.10. The van der Waals surface area contributed by atoms with Crippen molar-refractivity contribution in [2.75, 3.05) is 39.1 Å². The van der Waals surface area contributed by atoms with E-state index in [-0.39, 0.29) is 10.8 Å². The first-order valence-corrected chi connectivity index (χ1v) is 11.0. The van der Waals surface area contributed by atoms with Gasteiger partial charge < -0.3 is 15.0 Å². The number of urea groups is 1. The number of benzene rings is 1. The highest BCUT2D eigenvalue weighted by Crippen LogP contribution is 2.36. The molecule has 2 aromatic heterocycles. The van der Waals surface area contributed by atoms with Gasteiger partial charge in [0.1, 0.15) is 0 Å². The van der Waals surface area contributed by atoms with Crippen molar-refractivity contribution < 1.29 is 27.2 Å². The Hall–Kier alpha value is -3.18. The quantitative estimate of drug-likeness (QED) is 0.236. The number of carbonyl (C=O) groups is 1. The predicted molar refractivity (Wildman–Crippen MR) is 121 cm³/mol. The molecule has 2 heterocycles. The molecule has 0 atom stereocenters. The van der Waals surface area contributed by atoms with Crippen molar-refractivity contribution in [2.45, 2.75) is 12.6 Å². The number of thiazole rings is 1. The monoisotopic (exact) mass is 480 g/mol. The molecule has 33 heavy (non-hydrogen) atoms. The minimum Gasteiger partial charge on any atom is -0.619 e. The Kier molecular flexibility index (Phi) is 7.23. The van der Waals surface area contributed by atoms with Gasteiger partial charge in [-0.2, -0.15) is 17.9 Å². The van der Waals surface area contributed by atoms with Crippen molar-refractivity contribution in [1.82, 2.24) is 10.3 Å². The number of nitrogens with one attached hydrogen (secondary N) is 1. The molecule has 0 bridgehead atoms. The van der Waals surface area contributed by atoms with Gasteiger partial charge >= 0.3 is 12.2 Å². The van der Waals surface area contributed by atoms with Crippen LogP contribution >= 0.6 is 11.3 Å². The molecule has 11 heteroatoms. The van der Waals surface area contributed by atoms with E-state index in [4.69, 9.17) is 0 Å². The molecule has 7 nitrogen and oxygen atoms in total. The first kappa shape index (κ1) is 24.5. The minimum absolute atomic E-state index is 0.0433. The van der Waals surface area contributed by atoms with Crippen molar-refractivity contribution in [1.29, 1.82) is 0 Å². The largest absolute Gasteiger partial charge is 0.619 e. The second kappa shape index (κ2) is 9.75. The average Bonchev–Trinajstić information content (AvgIpc) is 3.20. The molecule has 1 N–H and O–H groups in total. The molecule has 0 saturated carbocycles. The summed E-state index contributed by atoms with van der Waals surface area (Å²) in [5.41, 5.74) is 0.147. The number of halogens is 3. The number of amides is 2. The Bertz CT molecular complexity index is 1110. The predicted octanol–water partition coefficient (Wildman–Crippen LogP) is 4.41. The first-order chi connectivity index (χ1) is 15.4. The van der Waals surface area contributed by atoms with E-state index in [0.717, 1.165) is 39.4 Å². The summed E-state index contributed by atoms with van der Waals surface area (Å²) in [7, 11) is 6.09. The molecule has 3 aromatic rings. The highest BCUT2D eigenvalue weighted by Gasteiger charge is 2.32. The zero-order chi connectivity index (χ0) is 24.2. The van der Waals surface area contributed by atoms with Gasteiger partial charge in [0.25, 0.3) is 0 Å². The van der Waals surface area contributed by atoms with Crippen LogP contribution in [0.2, 0.25) is 0 Å². The highest BCUT2D eigenvalue weighted by atomic mass is 32.1. The van der Waals surface area contributed by atoms with E-state index in [1.807, 2.05) is 21.1 Å². The van der Waals surface area contributed by atoms with Crippen LogP contribution in [0.1, 0.15) is 12.0 Å². The van der Waals surface area contributed by atoms with Crippen molar-refractivity contribution in [2.24, 2.45) is 0 Å². The zero-order valence-corrected chi connectivity index (χ0v) is 19.3. The number of hydrogen-bond donors (Lipinski definition) is 1. The molecule has 0 radical (unpaired) electrons. The fourth-order valence-corrected chi connectivity index (χ4v) is 3.92. The fourth-order valence-electron chi connectivity index (χ4n) is 3.07. The van der Waals surface area contributed by atoms with Gasteiger partial charge in [0.15, 0.2) is 17.5 Å². The van der Waals surface area contributed by atoms with Crippen LogP contribution in [0.4, 0.5) is 28.8 Å². The summed E-state index contributed by atoms with van der Waals surface area (Å²) in [6.45, 7) is 1.17. The van der Waals surface area contributed by atoms with Crippen molar-refractivity contribution >= 4 is 28.2 Å². The van der Waals surface area contributed by atoms with Gasteiger partial charge in [0.05, 0.1) is 50.2 Å². The molecule has 0 aliphatic carbocycles. The van der Waals surface area contributed by atoms with E-state index >= 15 is 0 Å². The van der Waals surface area contributed by atoms with E-state index in [0.29, 0.717) is 29.0 Å². The van der Waals surface area contributed by atoms with Crippen LogP contribution in [0.15, 0.2) is 54.2 Å². The van der Waals surface area contributed by atoms with Crippen LogP contribution in [-0.2, 0) is 6.18 Å². The number of anilines is 2. The number of pyridine rings is 1. The summed E-state index contributed by atoms with van der Waals surface area (Å²) in [6.07, 6.45) is -1.20. The standard InChI is InChI=1S/C22H24F3N5O2S/c1-30(2,3)12-6-10-26-20(31)29(18-9-4-8-17(13-18)22(23,24)25)21-27-19(15-33-21)16-7-5-11-28(32)14-16/h4-5,7-9,11,13-15H,6,10,12H2,1-3H3/p+1. The smallest absolute Gasteiger partial charge is 0.416 e. The second-order valence-electron chi connectivity index (χ2n) is 8.45. The minimum atomic E-state index is -4.55. The number of quaternary nitrogens is 1. The van der Waals surface area contributed by atoms with Crippen LogP contribution in [0.5, 0.6) is 0 Å². The van der Waals surface area contributed by atoms with E-state index in [1.165, 1.54) is 24.5 Å². The molecule has 0 fully saturated rings. The van der Waals surface area contributed by atoms with Crippen LogP contribution in [0.25, 0.3) is 11.3 Å². The molecule has 0 aliphatic heterocycles. The molecule has 0 unspecified atom stereocenters. The van der Waals surface area contributed by atoms with Crippen LogP contribution in [-0.4, -0.2) is 49.7 Å². The summed E-state index contributed by atoms with van der Waals surface area (Å²) in [5, 5.41) is 16.2. The maximum atomic E-state index is 13.3. The van der Waals surface area contributed by atoms with Crippen molar-refractivity contribution in [3.63, 3.8) is 0 Å². The summed E-state index contributed by atoms with van der Waals surface area (Å²) in [4.78, 5) is 18.6. The molecule has 3 rings (SSSR count). The molecule has 0 spiro atoms. The van der Waals surface area contributed by atoms with Gasteiger partial charge in [0.2, 0.25) is 0 Å². The third kappa shape index (κ3) is 6.65. The number of rotatable bonds is 7. The molecule has 0 saturated heterocycles. The van der Waals surface area contributed by atoms with Gasteiger partial charge in [-0.15, -0.1) is 11.3 Å². The number of nitrogens with zero attached hydrogens (tertiary/aromatic N) is 4. The van der Waals surface area contributed by atoms with Gasteiger partial charge in [-0.3, -0.25) is 0 Å². The lowest BCUT2D eigenvalue weighted by Gasteiger charge is -2.25. The number of hydrogen-bond acceptors (Lipinski definition) is 4. The molecule has 0 aliphatic rings. The number of carbonyl (C=O) groups excluding carboxylic acids is 1.